The molecule has 1 aliphatic heterocycles. The van der Waals surface area contributed by atoms with Gasteiger partial charge in [-0.3, -0.25) is 0 Å². The monoisotopic (exact) mass is 243 g/mol. The molecular formula is C15H33NO. The maximum atomic E-state index is 2.21. The SMILES string of the molecule is C1CCC([NH+]2CCCC2)CC1.CCCCC.[OH-]. The minimum atomic E-state index is 0. The molecule has 1 saturated carbocycles. The van der Waals surface area contributed by atoms with Crippen LogP contribution in [0.4, 0.5) is 0 Å². The Morgan fingerprint density at radius 2 is 1.35 bits per heavy atom. The minimum absolute atomic E-state index is 0. The Balaban J connectivity index is 0.000000373. The summed E-state index contributed by atoms with van der Waals surface area (Å²) < 4.78 is 0. The van der Waals surface area contributed by atoms with Gasteiger partial charge in [-0.1, -0.05) is 39.5 Å². The van der Waals surface area contributed by atoms with Crippen molar-refractivity contribution in [2.24, 2.45) is 0 Å². The van der Waals surface area contributed by atoms with Gasteiger partial charge in [0.2, 0.25) is 0 Å². The zero-order chi connectivity index (χ0) is 11.6. The molecular weight excluding hydrogens is 210 g/mol. The molecule has 2 N–H and O–H groups in total. The quantitative estimate of drug-likeness (QED) is 0.812. The number of unbranched alkanes of at least 4 members (excludes halogenated alkanes) is 2. The van der Waals surface area contributed by atoms with Crippen LogP contribution in [0.3, 0.4) is 0 Å². The van der Waals surface area contributed by atoms with Gasteiger partial charge in [0.05, 0.1) is 19.1 Å². The van der Waals surface area contributed by atoms with Gasteiger partial charge in [0, 0.05) is 12.8 Å². The van der Waals surface area contributed by atoms with Crippen molar-refractivity contribution in [3.8, 4) is 0 Å². The highest BCUT2D eigenvalue weighted by molar-refractivity contribution is 4.65. The molecule has 1 saturated heterocycles. The van der Waals surface area contributed by atoms with Crippen LogP contribution in [0.25, 0.3) is 0 Å². The molecule has 1 aliphatic carbocycles. The Morgan fingerprint density at radius 3 is 1.76 bits per heavy atom. The molecule has 2 heteroatoms. The second kappa shape index (κ2) is 11.0. The Bertz CT molecular complexity index is 147. The molecule has 0 aromatic carbocycles. The highest BCUT2D eigenvalue weighted by atomic mass is 16.0. The maximum Gasteiger partial charge on any atom is 0.0874 e. The number of rotatable bonds is 3. The summed E-state index contributed by atoms with van der Waals surface area (Å²) >= 11 is 0. The van der Waals surface area contributed by atoms with E-state index < -0.39 is 0 Å². The van der Waals surface area contributed by atoms with Crippen LogP contribution in [-0.4, -0.2) is 24.6 Å². The molecule has 2 rings (SSSR count). The fraction of sp³-hybridized carbons (Fsp3) is 1.00. The summed E-state index contributed by atoms with van der Waals surface area (Å²) in [6, 6.07) is 1.06. The van der Waals surface area contributed by atoms with Crippen LogP contribution in [0, 0.1) is 0 Å². The Kier molecular flexibility index (Phi) is 11.0. The first-order valence-electron chi connectivity index (χ1n) is 7.73. The first-order chi connectivity index (χ1) is 7.88. The van der Waals surface area contributed by atoms with E-state index in [0.29, 0.717) is 0 Å². The lowest BCUT2D eigenvalue weighted by Gasteiger charge is -2.27. The predicted octanol–water partition coefficient (Wildman–Crippen LogP) is 3.02. The Morgan fingerprint density at radius 1 is 0.824 bits per heavy atom. The van der Waals surface area contributed by atoms with Crippen molar-refractivity contribution in [2.45, 2.75) is 84.1 Å². The van der Waals surface area contributed by atoms with Gasteiger partial charge in [-0.05, 0) is 25.7 Å². The standard InChI is InChI=1S/C10H19N.C5H12.H2O/c1-2-6-10(7-3-1)11-8-4-5-9-11;1-3-5-4-2;/h10H,1-9H2;3-5H2,1-2H3;1H2. The van der Waals surface area contributed by atoms with Gasteiger partial charge in [0.25, 0.3) is 0 Å². The molecule has 0 radical (unpaired) electrons. The second-order valence-corrected chi connectivity index (χ2v) is 5.55. The van der Waals surface area contributed by atoms with Crippen LogP contribution in [0.2, 0.25) is 0 Å². The first kappa shape index (κ1) is 16.9. The van der Waals surface area contributed by atoms with E-state index in [0.717, 1.165) is 6.04 Å². The van der Waals surface area contributed by atoms with Crippen molar-refractivity contribution in [2.75, 3.05) is 13.1 Å². The summed E-state index contributed by atoms with van der Waals surface area (Å²) in [6.45, 7) is 7.38. The second-order valence-electron chi connectivity index (χ2n) is 5.55. The molecule has 0 amide bonds. The Hall–Kier alpha value is -0.0800. The van der Waals surface area contributed by atoms with E-state index in [1.165, 1.54) is 77.3 Å². The summed E-state index contributed by atoms with van der Waals surface area (Å²) in [4.78, 5) is 1.93. The van der Waals surface area contributed by atoms with Gasteiger partial charge >= 0.3 is 0 Å². The smallest absolute Gasteiger partial charge is 0.0874 e. The van der Waals surface area contributed by atoms with E-state index in [4.69, 9.17) is 0 Å². The average Bonchev–Trinajstić information content (AvgIpc) is 2.86. The van der Waals surface area contributed by atoms with Crippen molar-refractivity contribution < 1.29 is 10.4 Å². The minimum Gasteiger partial charge on any atom is -0.870 e. The molecule has 2 aliphatic rings. The van der Waals surface area contributed by atoms with Crippen molar-refractivity contribution >= 4 is 0 Å². The zero-order valence-corrected chi connectivity index (χ0v) is 12.0. The fourth-order valence-corrected chi connectivity index (χ4v) is 3.10. The lowest BCUT2D eigenvalue weighted by atomic mass is 9.94. The highest BCUT2D eigenvalue weighted by Gasteiger charge is 2.26. The number of quaternary nitrogens is 1. The van der Waals surface area contributed by atoms with E-state index in [1.54, 1.807) is 0 Å². The summed E-state index contributed by atoms with van der Waals surface area (Å²) in [5.74, 6) is 0. The number of likely N-dealkylation sites (tertiary alicyclic amines) is 1. The lowest BCUT2D eigenvalue weighted by Crippen LogP contribution is -3.14. The van der Waals surface area contributed by atoms with E-state index in [1.807, 2.05) is 4.90 Å². The van der Waals surface area contributed by atoms with Crippen LogP contribution < -0.4 is 4.90 Å². The van der Waals surface area contributed by atoms with E-state index in [9.17, 15) is 0 Å². The van der Waals surface area contributed by atoms with Crippen LogP contribution >= 0.6 is 0 Å². The van der Waals surface area contributed by atoms with Crippen molar-refractivity contribution in [3.63, 3.8) is 0 Å². The van der Waals surface area contributed by atoms with E-state index in [2.05, 4.69) is 13.8 Å². The number of hydrogen-bond donors (Lipinski definition) is 1. The summed E-state index contributed by atoms with van der Waals surface area (Å²) in [5, 5.41) is 0. The van der Waals surface area contributed by atoms with Gasteiger partial charge in [-0.25, -0.2) is 0 Å². The molecule has 0 spiro atoms. The third kappa shape index (κ3) is 7.05. The van der Waals surface area contributed by atoms with Crippen LogP contribution in [-0.2, 0) is 0 Å². The van der Waals surface area contributed by atoms with Crippen LogP contribution in [0.1, 0.15) is 78.1 Å². The van der Waals surface area contributed by atoms with Gasteiger partial charge in [-0.2, -0.15) is 0 Å². The summed E-state index contributed by atoms with van der Waals surface area (Å²) in [7, 11) is 0. The lowest BCUT2D eigenvalue weighted by molar-refractivity contribution is -0.914. The molecule has 0 aromatic rings. The molecule has 2 nitrogen and oxygen atoms in total. The first-order valence-corrected chi connectivity index (χ1v) is 7.73. The Labute approximate surface area is 108 Å². The van der Waals surface area contributed by atoms with Crippen molar-refractivity contribution in [1.82, 2.24) is 0 Å². The third-order valence-electron chi connectivity index (χ3n) is 4.14. The fourth-order valence-electron chi connectivity index (χ4n) is 3.10. The number of nitrogens with one attached hydrogen (secondary N) is 1. The predicted molar refractivity (Wildman–Crippen MR) is 73.9 cm³/mol. The number of hydrogen-bond acceptors (Lipinski definition) is 1. The van der Waals surface area contributed by atoms with Gasteiger partial charge in [-0.15, -0.1) is 0 Å². The van der Waals surface area contributed by atoms with Crippen molar-refractivity contribution in [1.29, 1.82) is 0 Å². The summed E-state index contributed by atoms with van der Waals surface area (Å²) in [6.07, 6.45) is 14.6. The normalized spacial score (nSPS) is 21.5. The largest absolute Gasteiger partial charge is 0.870 e. The maximum absolute atomic E-state index is 2.21. The van der Waals surface area contributed by atoms with E-state index in [-0.39, 0.29) is 5.48 Å². The summed E-state index contributed by atoms with van der Waals surface area (Å²) in [5.41, 5.74) is 0. The van der Waals surface area contributed by atoms with Crippen LogP contribution in [0.15, 0.2) is 0 Å². The molecule has 0 bridgehead atoms. The zero-order valence-electron chi connectivity index (χ0n) is 12.0. The van der Waals surface area contributed by atoms with Crippen LogP contribution in [0.5, 0.6) is 0 Å². The highest BCUT2D eigenvalue weighted by Crippen LogP contribution is 2.16. The molecule has 104 valence electrons. The molecule has 0 atom stereocenters. The molecule has 1 heterocycles. The van der Waals surface area contributed by atoms with Gasteiger partial charge in [0.15, 0.2) is 0 Å². The molecule has 0 aromatic heterocycles. The third-order valence-corrected chi connectivity index (χ3v) is 4.14. The van der Waals surface area contributed by atoms with Crippen molar-refractivity contribution in [3.05, 3.63) is 0 Å². The van der Waals surface area contributed by atoms with Gasteiger partial charge in [0.1, 0.15) is 0 Å². The molecule has 17 heavy (non-hydrogen) atoms. The van der Waals surface area contributed by atoms with Gasteiger partial charge < -0.3 is 10.4 Å². The molecule has 0 unspecified atom stereocenters. The molecule has 2 fully saturated rings. The average molecular weight is 243 g/mol. The topological polar surface area (TPSA) is 34.4 Å². The van der Waals surface area contributed by atoms with E-state index >= 15 is 0 Å².